The molecule has 0 spiro atoms. The van der Waals surface area contributed by atoms with Crippen molar-refractivity contribution in [3.63, 3.8) is 0 Å². The quantitative estimate of drug-likeness (QED) is 0.636. The van der Waals surface area contributed by atoms with E-state index in [1.807, 2.05) is 18.2 Å². The van der Waals surface area contributed by atoms with Gasteiger partial charge in [0.25, 0.3) is 0 Å². The average molecular weight is 192 g/mol. The maximum absolute atomic E-state index is 10.3. The van der Waals surface area contributed by atoms with Crippen molar-refractivity contribution < 1.29 is 4.79 Å². The van der Waals surface area contributed by atoms with Gasteiger partial charge in [-0.3, -0.25) is 4.79 Å². The summed E-state index contributed by atoms with van der Waals surface area (Å²) in [5, 5.41) is 2.71. The molecule has 1 aliphatic carbocycles. The van der Waals surface area contributed by atoms with Crippen molar-refractivity contribution in [1.29, 1.82) is 0 Å². The standard InChI is InChI=1S/C11H16N2O/c12-8-11(13-9-14)7-10-5-3-1-2-4-6-10/h1-5,9,11H,6-8,12H2,(H,13,14). The van der Waals surface area contributed by atoms with Crippen LogP contribution in [0.3, 0.4) is 0 Å². The molecule has 76 valence electrons. The maximum Gasteiger partial charge on any atom is 0.207 e. The highest BCUT2D eigenvalue weighted by Gasteiger charge is 2.07. The monoisotopic (exact) mass is 192 g/mol. The second-order valence-electron chi connectivity index (χ2n) is 3.26. The molecule has 1 unspecified atom stereocenters. The third-order valence-electron chi connectivity index (χ3n) is 2.17. The molecule has 1 atom stereocenters. The van der Waals surface area contributed by atoms with Crippen LogP contribution in [0.15, 0.2) is 36.0 Å². The first-order valence-electron chi connectivity index (χ1n) is 4.78. The van der Waals surface area contributed by atoms with Gasteiger partial charge in [-0.25, -0.2) is 0 Å². The number of amides is 1. The number of nitrogens with one attached hydrogen (secondary N) is 1. The summed E-state index contributed by atoms with van der Waals surface area (Å²) in [6.07, 6.45) is 12.7. The third-order valence-corrected chi connectivity index (χ3v) is 2.17. The van der Waals surface area contributed by atoms with Gasteiger partial charge < -0.3 is 11.1 Å². The Hall–Kier alpha value is -1.35. The van der Waals surface area contributed by atoms with Gasteiger partial charge in [-0.2, -0.15) is 0 Å². The van der Waals surface area contributed by atoms with Crippen LogP contribution in [-0.2, 0) is 4.79 Å². The lowest BCUT2D eigenvalue weighted by atomic mass is 10.0. The van der Waals surface area contributed by atoms with Crippen LogP contribution in [-0.4, -0.2) is 19.0 Å². The summed E-state index contributed by atoms with van der Waals surface area (Å²) in [6.45, 7) is 0.476. The smallest absolute Gasteiger partial charge is 0.207 e. The summed E-state index contributed by atoms with van der Waals surface area (Å²) in [7, 11) is 0. The molecule has 3 heteroatoms. The van der Waals surface area contributed by atoms with E-state index in [2.05, 4.69) is 17.5 Å². The van der Waals surface area contributed by atoms with Gasteiger partial charge in [0.05, 0.1) is 0 Å². The molecule has 0 saturated carbocycles. The minimum absolute atomic E-state index is 0.0543. The Morgan fingerprint density at radius 2 is 2.36 bits per heavy atom. The Kier molecular flexibility index (Phi) is 4.72. The van der Waals surface area contributed by atoms with E-state index in [0.29, 0.717) is 13.0 Å². The van der Waals surface area contributed by atoms with Gasteiger partial charge in [-0.1, -0.05) is 36.0 Å². The van der Waals surface area contributed by atoms with Crippen LogP contribution < -0.4 is 11.1 Å². The molecule has 0 aromatic rings. The molecular formula is C11H16N2O. The number of allylic oxidation sites excluding steroid dienone is 5. The lowest BCUT2D eigenvalue weighted by Gasteiger charge is -2.14. The molecule has 0 aromatic heterocycles. The van der Waals surface area contributed by atoms with E-state index in [0.717, 1.165) is 12.8 Å². The van der Waals surface area contributed by atoms with Gasteiger partial charge in [-0.15, -0.1) is 0 Å². The number of hydrogen-bond donors (Lipinski definition) is 2. The van der Waals surface area contributed by atoms with E-state index in [1.165, 1.54) is 5.57 Å². The van der Waals surface area contributed by atoms with Gasteiger partial charge in [0.2, 0.25) is 6.41 Å². The normalized spacial score (nSPS) is 17.1. The Balaban J connectivity index is 2.48. The first-order valence-corrected chi connectivity index (χ1v) is 4.78. The molecule has 0 heterocycles. The van der Waals surface area contributed by atoms with Crippen molar-refractivity contribution in [2.75, 3.05) is 6.54 Å². The van der Waals surface area contributed by atoms with Crippen molar-refractivity contribution >= 4 is 6.41 Å². The molecule has 0 saturated heterocycles. The van der Waals surface area contributed by atoms with Crippen LogP contribution in [0.4, 0.5) is 0 Å². The van der Waals surface area contributed by atoms with Crippen molar-refractivity contribution in [2.24, 2.45) is 5.73 Å². The molecule has 3 N–H and O–H groups in total. The fourth-order valence-electron chi connectivity index (χ4n) is 1.40. The Labute approximate surface area is 84.4 Å². The minimum atomic E-state index is 0.0543. The molecular weight excluding hydrogens is 176 g/mol. The summed E-state index contributed by atoms with van der Waals surface area (Å²) < 4.78 is 0. The topological polar surface area (TPSA) is 55.1 Å². The minimum Gasteiger partial charge on any atom is -0.354 e. The number of rotatable bonds is 5. The predicted molar refractivity (Wildman–Crippen MR) is 57.6 cm³/mol. The lowest BCUT2D eigenvalue weighted by Crippen LogP contribution is -2.35. The fourth-order valence-corrected chi connectivity index (χ4v) is 1.40. The molecule has 1 amide bonds. The van der Waals surface area contributed by atoms with E-state index >= 15 is 0 Å². The molecule has 0 radical (unpaired) electrons. The summed E-state index contributed by atoms with van der Waals surface area (Å²) in [4.78, 5) is 10.3. The Morgan fingerprint density at radius 1 is 1.50 bits per heavy atom. The molecule has 3 nitrogen and oxygen atoms in total. The first-order chi connectivity index (χ1) is 6.86. The third kappa shape index (κ3) is 3.58. The fraction of sp³-hybridized carbons (Fsp3) is 0.364. The zero-order valence-electron chi connectivity index (χ0n) is 8.15. The van der Waals surface area contributed by atoms with Gasteiger partial charge in [0.15, 0.2) is 0 Å². The molecule has 0 fully saturated rings. The van der Waals surface area contributed by atoms with Crippen LogP contribution in [0.25, 0.3) is 0 Å². The largest absolute Gasteiger partial charge is 0.354 e. The maximum atomic E-state index is 10.3. The number of carbonyl (C=O) groups excluding carboxylic acids is 1. The predicted octanol–water partition coefficient (Wildman–Crippen LogP) is 0.892. The number of hydrogen-bond acceptors (Lipinski definition) is 2. The van der Waals surface area contributed by atoms with Crippen molar-refractivity contribution in [2.45, 2.75) is 18.9 Å². The Morgan fingerprint density at radius 3 is 3.07 bits per heavy atom. The number of carbonyl (C=O) groups is 1. The molecule has 1 rings (SSSR count). The molecule has 0 aromatic carbocycles. The highest BCUT2D eigenvalue weighted by Crippen LogP contribution is 2.13. The highest BCUT2D eigenvalue weighted by atomic mass is 16.1. The van der Waals surface area contributed by atoms with E-state index < -0.39 is 0 Å². The van der Waals surface area contributed by atoms with Gasteiger partial charge in [0.1, 0.15) is 0 Å². The Bertz CT molecular complexity index is 266. The lowest BCUT2D eigenvalue weighted by molar-refractivity contribution is -0.110. The van der Waals surface area contributed by atoms with Crippen LogP contribution in [0.2, 0.25) is 0 Å². The summed E-state index contributed by atoms with van der Waals surface area (Å²) in [5.41, 5.74) is 6.82. The molecule has 1 aliphatic rings. The molecule has 14 heavy (non-hydrogen) atoms. The zero-order valence-corrected chi connectivity index (χ0v) is 8.15. The van der Waals surface area contributed by atoms with E-state index in [4.69, 9.17) is 5.73 Å². The van der Waals surface area contributed by atoms with E-state index in [9.17, 15) is 4.79 Å². The van der Waals surface area contributed by atoms with Gasteiger partial charge in [-0.05, 0) is 12.8 Å². The van der Waals surface area contributed by atoms with Gasteiger partial charge in [0, 0.05) is 12.6 Å². The van der Waals surface area contributed by atoms with Crippen LogP contribution >= 0.6 is 0 Å². The van der Waals surface area contributed by atoms with E-state index in [1.54, 1.807) is 0 Å². The van der Waals surface area contributed by atoms with E-state index in [-0.39, 0.29) is 6.04 Å². The van der Waals surface area contributed by atoms with Crippen molar-refractivity contribution in [1.82, 2.24) is 5.32 Å². The highest BCUT2D eigenvalue weighted by molar-refractivity contribution is 5.47. The van der Waals surface area contributed by atoms with Gasteiger partial charge >= 0.3 is 0 Å². The average Bonchev–Trinajstić information content (AvgIpc) is 2.45. The van der Waals surface area contributed by atoms with Crippen LogP contribution in [0, 0.1) is 0 Å². The van der Waals surface area contributed by atoms with Crippen LogP contribution in [0.5, 0.6) is 0 Å². The SMILES string of the molecule is NCC(CC1=CC=CC=CC1)NC=O. The van der Waals surface area contributed by atoms with Crippen molar-refractivity contribution in [3.8, 4) is 0 Å². The molecule has 0 bridgehead atoms. The molecule has 0 aliphatic heterocycles. The summed E-state index contributed by atoms with van der Waals surface area (Å²) in [5.74, 6) is 0. The summed E-state index contributed by atoms with van der Waals surface area (Å²) >= 11 is 0. The second kappa shape index (κ2) is 6.16. The summed E-state index contributed by atoms with van der Waals surface area (Å²) in [6, 6.07) is 0.0543. The van der Waals surface area contributed by atoms with Crippen LogP contribution in [0.1, 0.15) is 12.8 Å². The first kappa shape index (κ1) is 10.7. The number of nitrogens with two attached hydrogens (primary N) is 1. The zero-order chi connectivity index (χ0) is 10.2. The van der Waals surface area contributed by atoms with Crippen molar-refractivity contribution in [3.05, 3.63) is 36.0 Å². The second-order valence-corrected chi connectivity index (χ2v) is 3.26.